The van der Waals surface area contributed by atoms with Crippen molar-refractivity contribution in [1.29, 1.82) is 0 Å². The fourth-order valence-corrected chi connectivity index (χ4v) is 8.69. The van der Waals surface area contributed by atoms with Gasteiger partial charge in [0.2, 0.25) is 0 Å². The van der Waals surface area contributed by atoms with Gasteiger partial charge < -0.3 is 50.2 Å². The van der Waals surface area contributed by atoms with Crippen LogP contribution in [0.4, 0.5) is 11.6 Å². The van der Waals surface area contributed by atoms with E-state index in [9.17, 15) is 29.1 Å². The van der Waals surface area contributed by atoms with Crippen LogP contribution in [0.25, 0.3) is 22.3 Å². The smallest absolute Gasteiger partial charge is 0.394 e. The summed E-state index contributed by atoms with van der Waals surface area (Å²) >= 11 is 0. The number of fused-ring (bicyclic) bond motifs is 2. The summed E-state index contributed by atoms with van der Waals surface area (Å²) in [5.41, 5.74) is 12.0. The predicted molar refractivity (Wildman–Crippen MR) is 164 cm³/mol. The summed E-state index contributed by atoms with van der Waals surface area (Å²) in [5.74, 6) is 0.341. The van der Waals surface area contributed by atoms with Crippen molar-refractivity contribution in [2.45, 2.75) is 67.9 Å². The van der Waals surface area contributed by atoms with Crippen LogP contribution in [0.1, 0.15) is 31.7 Å². The van der Waals surface area contributed by atoms with Crippen molar-refractivity contribution in [2.75, 3.05) is 37.9 Å². The van der Waals surface area contributed by atoms with Crippen LogP contribution in [0.5, 0.6) is 0 Å². The highest BCUT2D eigenvalue weighted by Crippen LogP contribution is 2.55. The lowest BCUT2D eigenvalue weighted by molar-refractivity contribution is -0.0454. The van der Waals surface area contributed by atoms with Gasteiger partial charge >= 0.3 is 15.4 Å². The summed E-state index contributed by atoms with van der Waals surface area (Å²) in [6.07, 6.45) is -1.03. The predicted octanol–water partition coefficient (Wildman–Crippen LogP) is -0.379. The zero-order valence-electron chi connectivity index (χ0n) is 25.6. The highest BCUT2D eigenvalue weighted by molar-refractivity contribution is 7.53. The van der Waals surface area contributed by atoms with E-state index in [1.54, 1.807) is 9.13 Å². The number of aromatic nitrogens is 8. The molecule has 7 rings (SSSR count). The van der Waals surface area contributed by atoms with Crippen LogP contribution in [0, 0.1) is 0 Å². The Bertz CT molecular complexity index is 1910. The molecule has 24 heteroatoms. The first-order chi connectivity index (χ1) is 23.4. The molecule has 2 unspecified atom stereocenters. The zero-order chi connectivity index (χ0) is 34.5. The highest BCUT2D eigenvalue weighted by atomic mass is 31.2. The molecule has 3 aliphatic rings. The molecule has 0 spiro atoms. The Morgan fingerprint density at radius 3 is 2.06 bits per heavy atom. The molecule has 0 radical (unpaired) electrons. The standard InChI is InChI=1S/C25H34N10O12P2/c26-22-20-24(30-8-28-22)34(10-32-20)18-3-12(37)15(46-18)6-43-48(38,39)17-1-2-42-16(17)7-44-49(40,41)47-13-4-19(45-14(13)5-36)35-11-33-21-23(27)29-9-31-25(21)35/h8-19,36-37H,1-7H2,(H,38,39)(H,40,41)(H2,26,28,30)(H2,27,29,31)/t12-,13-,14+,15+,16+,17-,18+,19+/m0/s1. The minimum Gasteiger partial charge on any atom is -0.394 e. The largest absolute Gasteiger partial charge is 0.472 e. The molecule has 8 N–H and O–H groups in total. The molecular weight excluding hydrogens is 694 g/mol. The van der Waals surface area contributed by atoms with Crippen molar-refractivity contribution in [3.8, 4) is 0 Å². The van der Waals surface area contributed by atoms with Crippen molar-refractivity contribution in [3.05, 3.63) is 25.3 Å². The number of hydrogen-bond acceptors (Lipinski definition) is 18. The minimum absolute atomic E-state index is 0.0194. The Kier molecular flexibility index (Phi) is 9.41. The molecule has 0 saturated carbocycles. The molecule has 10 atom stereocenters. The van der Waals surface area contributed by atoms with E-state index in [4.69, 9.17) is 39.2 Å². The van der Waals surface area contributed by atoms with E-state index in [1.165, 1.54) is 25.3 Å². The van der Waals surface area contributed by atoms with Crippen LogP contribution < -0.4 is 11.5 Å². The fraction of sp³-hybridized carbons (Fsp3) is 0.600. The lowest BCUT2D eigenvalue weighted by atomic mass is 10.2. The quantitative estimate of drug-likeness (QED) is 0.101. The van der Waals surface area contributed by atoms with Crippen LogP contribution >= 0.6 is 15.4 Å². The first kappa shape index (κ1) is 34.2. The van der Waals surface area contributed by atoms with Crippen LogP contribution in [0.15, 0.2) is 25.3 Å². The normalized spacial score (nSPS) is 31.4. The van der Waals surface area contributed by atoms with E-state index in [1.807, 2.05) is 0 Å². The van der Waals surface area contributed by atoms with Gasteiger partial charge in [-0.15, -0.1) is 0 Å². The first-order valence-corrected chi connectivity index (χ1v) is 18.3. The van der Waals surface area contributed by atoms with E-state index in [2.05, 4.69) is 29.9 Å². The third kappa shape index (κ3) is 6.79. The van der Waals surface area contributed by atoms with Gasteiger partial charge in [0.1, 0.15) is 54.5 Å². The van der Waals surface area contributed by atoms with Gasteiger partial charge in [-0.1, -0.05) is 0 Å². The highest BCUT2D eigenvalue weighted by Gasteiger charge is 2.47. The number of nitrogens with zero attached hydrogens (tertiary/aromatic N) is 8. The molecular formula is C25H34N10O12P2. The number of hydrogen-bond donors (Lipinski definition) is 6. The molecule has 0 aliphatic carbocycles. The topological polar surface area (TPSA) is 310 Å². The first-order valence-electron chi connectivity index (χ1n) is 15.1. The molecule has 4 aromatic heterocycles. The molecule has 4 aromatic rings. The van der Waals surface area contributed by atoms with E-state index in [0.717, 1.165) is 0 Å². The molecule has 0 amide bonds. The number of phosphoric ester groups is 1. The molecule has 3 saturated heterocycles. The average Bonchev–Trinajstić information content (AvgIpc) is 3.89. The van der Waals surface area contributed by atoms with Crippen LogP contribution in [0.2, 0.25) is 0 Å². The van der Waals surface area contributed by atoms with E-state index in [0.29, 0.717) is 22.3 Å². The third-order valence-corrected chi connectivity index (χ3v) is 11.6. The molecule has 3 fully saturated rings. The number of phosphoric acid groups is 1. The lowest BCUT2D eigenvalue weighted by Crippen LogP contribution is -2.31. The van der Waals surface area contributed by atoms with Gasteiger partial charge in [0.25, 0.3) is 0 Å². The Labute approximate surface area is 276 Å². The number of aliphatic hydroxyl groups is 2. The molecule has 0 bridgehead atoms. The molecule has 266 valence electrons. The monoisotopic (exact) mass is 728 g/mol. The van der Waals surface area contributed by atoms with Crippen molar-refractivity contribution in [3.63, 3.8) is 0 Å². The summed E-state index contributed by atoms with van der Waals surface area (Å²) in [6, 6.07) is 0. The van der Waals surface area contributed by atoms with Crippen molar-refractivity contribution in [1.82, 2.24) is 39.0 Å². The number of rotatable bonds is 12. The number of ether oxygens (including phenoxy) is 3. The molecule has 0 aromatic carbocycles. The molecule has 3 aliphatic heterocycles. The van der Waals surface area contributed by atoms with Gasteiger partial charge in [0, 0.05) is 19.4 Å². The van der Waals surface area contributed by atoms with E-state index in [-0.39, 0.29) is 37.5 Å². The summed E-state index contributed by atoms with van der Waals surface area (Å²) in [6.45, 7) is -1.49. The Morgan fingerprint density at radius 1 is 0.837 bits per heavy atom. The fourth-order valence-electron chi connectivity index (χ4n) is 6.16. The second-order valence-corrected chi connectivity index (χ2v) is 15.1. The lowest BCUT2D eigenvalue weighted by Gasteiger charge is -2.26. The van der Waals surface area contributed by atoms with Crippen LogP contribution in [-0.4, -0.2) is 122 Å². The molecule has 7 heterocycles. The number of anilines is 2. The summed E-state index contributed by atoms with van der Waals surface area (Å²) < 4.78 is 62.7. The Balaban J connectivity index is 0.935. The van der Waals surface area contributed by atoms with Gasteiger partial charge in [-0.05, 0) is 6.42 Å². The molecule has 22 nitrogen and oxygen atoms in total. The van der Waals surface area contributed by atoms with Crippen LogP contribution in [0.3, 0.4) is 0 Å². The average molecular weight is 729 g/mol. The maximum atomic E-state index is 13.3. The van der Waals surface area contributed by atoms with Gasteiger partial charge in [-0.2, -0.15) is 0 Å². The number of nitrogens with two attached hydrogens (primary N) is 2. The van der Waals surface area contributed by atoms with E-state index >= 15 is 0 Å². The number of aliphatic hydroxyl groups excluding tert-OH is 2. The van der Waals surface area contributed by atoms with Crippen molar-refractivity contribution < 1.29 is 56.9 Å². The number of imidazole rings is 2. The zero-order valence-corrected chi connectivity index (χ0v) is 27.3. The SMILES string of the molecule is Nc1ncnc2c1ncn2[C@H]1C[C@H](OP(=O)(O)OC[C@H]2OCC[C@@H]2P(=O)(O)OC[C@H]2O[C@@H](n3cnc4c(N)ncnc43)C[C@@H]2O)[C@@H](CO)O1. The third-order valence-electron chi connectivity index (χ3n) is 8.65. The summed E-state index contributed by atoms with van der Waals surface area (Å²) in [4.78, 5) is 45.9. The summed E-state index contributed by atoms with van der Waals surface area (Å²) in [7, 11) is -9.24. The maximum absolute atomic E-state index is 13.3. The number of nitrogen functional groups attached to an aromatic ring is 2. The van der Waals surface area contributed by atoms with E-state index < -0.39 is 83.9 Å². The van der Waals surface area contributed by atoms with Crippen molar-refractivity contribution >= 4 is 49.4 Å². The maximum Gasteiger partial charge on any atom is 0.472 e. The second-order valence-electron chi connectivity index (χ2n) is 11.7. The molecule has 49 heavy (non-hydrogen) atoms. The van der Waals surface area contributed by atoms with Gasteiger partial charge in [0.15, 0.2) is 22.9 Å². The minimum atomic E-state index is -4.81. The Hall–Kier alpha value is -3.24. The van der Waals surface area contributed by atoms with Gasteiger partial charge in [-0.25, -0.2) is 34.5 Å². The van der Waals surface area contributed by atoms with Crippen molar-refractivity contribution in [2.24, 2.45) is 0 Å². The van der Waals surface area contributed by atoms with Gasteiger partial charge in [-0.3, -0.25) is 22.7 Å². The van der Waals surface area contributed by atoms with Crippen LogP contribution in [-0.2, 0) is 36.9 Å². The second kappa shape index (κ2) is 13.5. The van der Waals surface area contributed by atoms with Gasteiger partial charge in [0.05, 0.1) is 50.3 Å². The summed E-state index contributed by atoms with van der Waals surface area (Å²) in [5, 5.41) is 20.5. The Morgan fingerprint density at radius 2 is 1.43 bits per heavy atom.